The van der Waals surface area contributed by atoms with Crippen molar-refractivity contribution in [3.8, 4) is 0 Å². The molecule has 0 fully saturated rings. The molecule has 0 bridgehead atoms. The predicted octanol–water partition coefficient (Wildman–Crippen LogP) is 0.133. The minimum atomic E-state index is -3.61. The van der Waals surface area contributed by atoms with Crippen molar-refractivity contribution in [1.82, 2.24) is 9.62 Å². The molecule has 0 aliphatic carbocycles. The summed E-state index contributed by atoms with van der Waals surface area (Å²) in [5.41, 5.74) is 0. The van der Waals surface area contributed by atoms with E-state index in [-0.39, 0.29) is 17.2 Å². The van der Waals surface area contributed by atoms with Gasteiger partial charge in [-0.2, -0.15) is 4.31 Å². The highest BCUT2D eigenvalue weighted by molar-refractivity contribution is 7.91. The summed E-state index contributed by atoms with van der Waals surface area (Å²) in [6.07, 6.45) is 1.09. The van der Waals surface area contributed by atoms with Crippen LogP contribution in [0.4, 0.5) is 0 Å². The molecule has 1 N–H and O–H groups in total. The molecular weight excluding hydrogens is 308 g/mol. The van der Waals surface area contributed by atoms with E-state index in [0.29, 0.717) is 6.54 Å². The van der Waals surface area contributed by atoms with Crippen LogP contribution >= 0.6 is 11.3 Å². The molecule has 0 spiro atoms. The van der Waals surface area contributed by atoms with E-state index in [1.165, 1.54) is 18.4 Å². The zero-order valence-corrected chi connectivity index (χ0v) is 13.5. The molecule has 6 nitrogen and oxygen atoms in total. The van der Waals surface area contributed by atoms with Gasteiger partial charge in [-0.25, -0.2) is 16.8 Å². The number of sulfonamides is 1. The first-order chi connectivity index (χ1) is 8.66. The number of sulfone groups is 1. The molecule has 0 saturated carbocycles. The molecule has 0 aliphatic rings. The second kappa shape index (κ2) is 6.31. The SMILES string of the molecule is CNCc1cc(S(=O)(=O)N(C)CCS(C)(=O)=O)cs1. The minimum Gasteiger partial charge on any atom is -0.315 e. The number of hydrogen-bond acceptors (Lipinski definition) is 6. The van der Waals surface area contributed by atoms with E-state index in [1.807, 2.05) is 0 Å². The van der Waals surface area contributed by atoms with Gasteiger partial charge in [-0.1, -0.05) is 0 Å². The minimum absolute atomic E-state index is 0.0433. The molecule has 19 heavy (non-hydrogen) atoms. The molecule has 1 aromatic heterocycles. The maximum atomic E-state index is 12.2. The van der Waals surface area contributed by atoms with Crippen LogP contribution in [0.15, 0.2) is 16.3 Å². The van der Waals surface area contributed by atoms with Crippen LogP contribution in [-0.4, -0.2) is 53.8 Å². The number of nitrogens with one attached hydrogen (secondary N) is 1. The largest absolute Gasteiger partial charge is 0.315 e. The summed E-state index contributed by atoms with van der Waals surface area (Å²) in [6.45, 7) is 0.561. The first-order valence-electron chi connectivity index (χ1n) is 5.53. The lowest BCUT2D eigenvalue weighted by atomic mass is 10.5. The van der Waals surface area contributed by atoms with Crippen molar-refractivity contribution in [2.45, 2.75) is 11.4 Å². The lowest BCUT2D eigenvalue weighted by Crippen LogP contribution is -2.31. The molecule has 9 heteroatoms. The summed E-state index contributed by atoms with van der Waals surface area (Å²) in [4.78, 5) is 1.12. The van der Waals surface area contributed by atoms with Gasteiger partial charge in [0.1, 0.15) is 9.84 Å². The highest BCUT2D eigenvalue weighted by Crippen LogP contribution is 2.21. The highest BCUT2D eigenvalue weighted by atomic mass is 32.2. The molecular formula is C10H18N2O4S3. The van der Waals surface area contributed by atoms with Crippen LogP contribution < -0.4 is 5.32 Å². The van der Waals surface area contributed by atoms with E-state index >= 15 is 0 Å². The fourth-order valence-electron chi connectivity index (χ4n) is 1.36. The molecule has 0 amide bonds. The van der Waals surface area contributed by atoms with E-state index in [1.54, 1.807) is 18.5 Å². The van der Waals surface area contributed by atoms with Crippen LogP contribution in [-0.2, 0) is 26.4 Å². The van der Waals surface area contributed by atoms with Crippen LogP contribution in [0.1, 0.15) is 4.88 Å². The Morgan fingerprint density at radius 3 is 2.47 bits per heavy atom. The van der Waals surface area contributed by atoms with Gasteiger partial charge in [0.05, 0.1) is 10.6 Å². The maximum Gasteiger partial charge on any atom is 0.243 e. The Morgan fingerprint density at radius 1 is 1.32 bits per heavy atom. The van der Waals surface area contributed by atoms with Gasteiger partial charge < -0.3 is 5.32 Å². The second-order valence-electron chi connectivity index (χ2n) is 4.24. The van der Waals surface area contributed by atoms with Crippen LogP contribution in [0.3, 0.4) is 0 Å². The summed E-state index contributed by atoms with van der Waals surface area (Å²) >= 11 is 1.36. The monoisotopic (exact) mass is 326 g/mol. The Kier molecular flexibility index (Phi) is 5.51. The Hall–Kier alpha value is -0.480. The smallest absolute Gasteiger partial charge is 0.243 e. The van der Waals surface area contributed by atoms with Gasteiger partial charge in [-0.05, 0) is 13.1 Å². The highest BCUT2D eigenvalue weighted by Gasteiger charge is 2.22. The van der Waals surface area contributed by atoms with Crippen molar-refractivity contribution in [2.75, 3.05) is 32.6 Å². The van der Waals surface area contributed by atoms with Crippen molar-refractivity contribution < 1.29 is 16.8 Å². The summed E-state index contributed by atoms with van der Waals surface area (Å²) in [5.74, 6) is -0.184. The number of rotatable bonds is 7. The van der Waals surface area contributed by atoms with Gasteiger partial charge in [-0.3, -0.25) is 0 Å². The third-order valence-corrected chi connectivity index (χ3v) is 6.31. The molecule has 1 rings (SSSR count). The third-order valence-electron chi connectivity index (χ3n) is 2.47. The van der Waals surface area contributed by atoms with Crippen molar-refractivity contribution in [2.24, 2.45) is 0 Å². The second-order valence-corrected chi connectivity index (χ2v) is 9.54. The number of nitrogens with zero attached hydrogens (tertiary/aromatic N) is 1. The normalized spacial score (nSPS) is 13.1. The molecule has 1 aromatic rings. The van der Waals surface area contributed by atoms with Gasteiger partial charge in [-0.15, -0.1) is 11.3 Å². The molecule has 0 aliphatic heterocycles. The molecule has 0 atom stereocenters. The van der Waals surface area contributed by atoms with Gasteiger partial charge in [0.2, 0.25) is 10.0 Å². The summed E-state index contributed by atoms with van der Waals surface area (Å²) in [6, 6.07) is 1.60. The zero-order valence-electron chi connectivity index (χ0n) is 11.1. The lowest BCUT2D eigenvalue weighted by Gasteiger charge is -2.15. The van der Waals surface area contributed by atoms with Crippen LogP contribution in [0.2, 0.25) is 0 Å². The average Bonchev–Trinajstić information content (AvgIpc) is 2.74. The summed E-state index contributed by atoms with van der Waals surface area (Å²) in [5, 5.41) is 4.51. The van der Waals surface area contributed by atoms with Gasteiger partial charge in [0, 0.05) is 36.7 Å². The van der Waals surface area contributed by atoms with Crippen LogP contribution in [0.5, 0.6) is 0 Å². The van der Waals surface area contributed by atoms with E-state index in [2.05, 4.69) is 5.32 Å². The molecule has 0 unspecified atom stereocenters. The van der Waals surface area contributed by atoms with E-state index in [0.717, 1.165) is 15.4 Å². The van der Waals surface area contributed by atoms with E-state index in [4.69, 9.17) is 0 Å². The summed E-state index contributed by atoms with van der Waals surface area (Å²) in [7, 11) is -3.62. The molecule has 1 heterocycles. The average molecular weight is 326 g/mol. The maximum absolute atomic E-state index is 12.2. The van der Waals surface area contributed by atoms with Crippen LogP contribution in [0.25, 0.3) is 0 Å². The Labute approximate surface area is 118 Å². The third kappa shape index (κ3) is 4.84. The topological polar surface area (TPSA) is 83.6 Å². The number of thiophene rings is 1. The molecule has 0 saturated heterocycles. The van der Waals surface area contributed by atoms with Crippen molar-refractivity contribution in [3.63, 3.8) is 0 Å². The molecule has 110 valence electrons. The first-order valence-corrected chi connectivity index (χ1v) is 9.91. The van der Waals surface area contributed by atoms with Gasteiger partial charge >= 0.3 is 0 Å². The molecule has 0 radical (unpaired) electrons. The standard InChI is InChI=1S/C10H18N2O4S3/c1-11-7-9-6-10(8-17-9)19(15,16)12(2)4-5-18(3,13)14/h6,8,11H,4-5,7H2,1-3H3. The van der Waals surface area contributed by atoms with Crippen molar-refractivity contribution >= 4 is 31.2 Å². The first kappa shape index (κ1) is 16.6. The van der Waals surface area contributed by atoms with Crippen LogP contribution in [0, 0.1) is 0 Å². The zero-order chi connectivity index (χ0) is 14.7. The van der Waals surface area contributed by atoms with Gasteiger partial charge in [0.25, 0.3) is 0 Å². The quantitative estimate of drug-likeness (QED) is 0.770. The Balaban J connectivity index is 2.84. The van der Waals surface area contributed by atoms with E-state index in [9.17, 15) is 16.8 Å². The summed E-state index contributed by atoms with van der Waals surface area (Å²) < 4.78 is 47.6. The van der Waals surface area contributed by atoms with Gasteiger partial charge in [0.15, 0.2) is 0 Å². The predicted molar refractivity (Wildman–Crippen MR) is 76.6 cm³/mol. The fraction of sp³-hybridized carbons (Fsp3) is 0.600. The Bertz CT molecular complexity index is 619. The van der Waals surface area contributed by atoms with Crippen molar-refractivity contribution in [3.05, 3.63) is 16.3 Å². The number of hydrogen-bond donors (Lipinski definition) is 1. The lowest BCUT2D eigenvalue weighted by molar-refractivity contribution is 0.485. The Morgan fingerprint density at radius 2 is 1.95 bits per heavy atom. The van der Waals surface area contributed by atoms with E-state index < -0.39 is 19.9 Å². The molecule has 0 aromatic carbocycles. The fourth-order valence-corrected chi connectivity index (χ4v) is 4.52. The van der Waals surface area contributed by atoms with Crippen molar-refractivity contribution in [1.29, 1.82) is 0 Å².